The lowest BCUT2D eigenvalue weighted by Gasteiger charge is -2.24. The van der Waals surface area contributed by atoms with Crippen LogP contribution in [0, 0.1) is 0 Å². The summed E-state index contributed by atoms with van der Waals surface area (Å²) in [5.41, 5.74) is 2.24. The van der Waals surface area contributed by atoms with Crippen molar-refractivity contribution in [2.45, 2.75) is 32.4 Å². The van der Waals surface area contributed by atoms with Gasteiger partial charge in [-0.3, -0.25) is 14.9 Å². The summed E-state index contributed by atoms with van der Waals surface area (Å²) in [5.74, 6) is 0.853. The Bertz CT molecular complexity index is 698. The zero-order valence-corrected chi connectivity index (χ0v) is 17.4. The van der Waals surface area contributed by atoms with Crippen molar-refractivity contribution < 1.29 is 0 Å². The van der Waals surface area contributed by atoms with E-state index in [1.54, 1.807) is 0 Å². The Kier molecular flexibility index (Phi) is 7.90. The second-order valence-corrected chi connectivity index (χ2v) is 6.22. The molecule has 25 heavy (non-hydrogen) atoms. The second-order valence-electron chi connectivity index (χ2n) is 6.22. The Morgan fingerprint density at radius 2 is 2.12 bits per heavy atom. The Labute approximate surface area is 167 Å². The Morgan fingerprint density at radius 3 is 2.92 bits per heavy atom. The Hall–Kier alpha value is -1.41. The fourth-order valence-electron chi connectivity index (χ4n) is 3.47. The van der Waals surface area contributed by atoms with Gasteiger partial charge in [0.25, 0.3) is 0 Å². The number of guanidine groups is 1. The monoisotopic (exact) mass is 453 g/mol. The molecule has 5 nitrogen and oxygen atoms in total. The quantitative estimate of drug-likeness (QED) is 0.415. The highest BCUT2D eigenvalue weighted by molar-refractivity contribution is 14.0. The molecule has 2 aromatic rings. The van der Waals surface area contributed by atoms with Gasteiger partial charge in [-0.15, -0.1) is 24.0 Å². The number of benzene rings is 1. The van der Waals surface area contributed by atoms with E-state index in [9.17, 15) is 0 Å². The average Bonchev–Trinajstić information content (AvgIpc) is 3.09. The predicted octanol–water partition coefficient (Wildman–Crippen LogP) is 3.00. The fraction of sp³-hybridized carbons (Fsp3) is 0.474. The molecule has 0 radical (unpaired) electrons. The molecule has 1 atom stereocenters. The van der Waals surface area contributed by atoms with Gasteiger partial charge in [0.1, 0.15) is 0 Å². The minimum atomic E-state index is 0. The van der Waals surface area contributed by atoms with E-state index in [2.05, 4.69) is 56.7 Å². The van der Waals surface area contributed by atoms with E-state index in [0.29, 0.717) is 6.04 Å². The highest BCUT2D eigenvalue weighted by atomic mass is 127. The first-order valence-corrected chi connectivity index (χ1v) is 8.83. The van der Waals surface area contributed by atoms with E-state index < -0.39 is 0 Å². The van der Waals surface area contributed by atoms with Crippen LogP contribution in [0.25, 0.3) is 10.9 Å². The largest absolute Gasteiger partial charge is 0.355 e. The smallest absolute Gasteiger partial charge is 0.191 e. The molecular weight excluding hydrogens is 425 g/mol. The van der Waals surface area contributed by atoms with Gasteiger partial charge in [0.2, 0.25) is 0 Å². The summed E-state index contributed by atoms with van der Waals surface area (Å²) in [5, 5.41) is 8.06. The molecule has 1 unspecified atom stereocenters. The number of nitrogens with zero attached hydrogens (tertiary/aromatic N) is 3. The summed E-state index contributed by atoms with van der Waals surface area (Å²) in [6.07, 6.45) is 4.41. The molecule has 6 heteroatoms. The molecule has 2 heterocycles. The Balaban J connectivity index is 0.00000225. The van der Waals surface area contributed by atoms with Gasteiger partial charge < -0.3 is 10.6 Å². The topological polar surface area (TPSA) is 52.5 Å². The first-order chi connectivity index (χ1) is 11.8. The number of aromatic nitrogens is 1. The number of rotatable bonds is 5. The van der Waals surface area contributed by atoms with Crippen molar-refractivity contribution in [3.05, 3.63) is 42.1 Å². The molecular formula is C19H28IN5. The van der Waals surface area contributed by atoms with E-state index in [4.69, 9.17) is 0 Å². The van der Waals surface area contributed by atoms with Crippen LogP contribution < -0.4 is 10.6 Å². The number of likely N-dealkylation sites (N-methyl/N-ethyl adjacent to an activating group) is 1. The van der Waals surface area contributed by atoms with Crippen molar-refractivity contribution in [2.24, 2.45) is 4.99 Å². The lowest BCUT2D eigenvalue weighted by molar-refractivity contribution is 0.267. The minimum Gasteiger partial charge on any atom is -0.355 e. The summed E-state index contributed by atoms with van der Waals surface area (Å²) < 4.78 is 0. The zero-order valence-electron chi connectivity index (χ0n) is 15.0. The molecule has 1 aliphatic rings. The van der Waals surface area contributed by atoms with Gasteiger partial charge in [-0.2, -0.15) is 0 Å². The number of hydrogen-bond donors (Lipinski definition) is 2. The summed E-state index contributed by atoms with van der Waals surface area (Å²) in [6, 6.07) is 11.0. The number of fused-ring (bicyclic) bond motifs is 1. The average molecular weight is 453 g/mol. The zero-order chi connectivity index (χ0) is 16.8. The van der Waals surface area contributed by atoms with Gasteiger partial charge in [-0.25, -0.2) is 0 Å². The van der Waals surface area contributed by atoms with Crippen molar-refractivity contribution in [1.29, 1.82) is 0 Å². The summed E-state index contributed by atoms with van der Waals surface area (Å²) in [6.45, 7) is 6.24. The molecule has 3 rings (SSSR count). The maximum Gasteiger partial charge on any atom is 0.191 e. The lowest BCUT2D eigenvalue weighted by atomic mass is 10.1. The molecule has 0 aliphatic carbocycles. The summed E-state index contributed by atoms with van der Waals surface area (Å²) >= 11 is 0. The molecule has 1 saturated heterocycles. The first-order valence-electron chi connectivity index (χ1n) is 8.83. The molecule has 1 aromatic carbocycles. The van der Waals surface area contributed by atoms with E-state index in [1.165, 1.54) is 30.3 Å². The second kappa shape index (κ2) is 9.91. The van der Waals surface area contributed by atoms with Crippen LogP contribution in [-0.4, -0.2) is 48.6 Å². The number of halogens is 1. The van der Waals surface area contributed by atoms with Gasteiger partial charge in [-0.1, -0.05) is 31.2 Å². The fourth-order valence-corrected chi connectivity index (χ4v) is 3.47. The highest BCUT2D eigenvalue weighted by Crippen LogP contribution is 2.16. The maximum atomic E-state index is 4.51. The number of hydrogen-bond acceptors (Lipinski definition) is 3. The number of likely N-dealkylation sites (tertiary alicyclic amines) is 1. The van der Waals surface area contributed by atoms with Crippen molar-refractivity contribution in [2.75, 3.05) is 26.7 Å². The number of nitrogens with one attached hydrogen (secondary N) is 2. The predicted molar refractivity (Wildman–Crippen MR) is 116 cm³/mol. The van der Waals surface area contributed by atoms with Crippen molar-refractivity contribution in [3.8, 4) is 0 Å². The van der Waals surface area contributed by atoms with E-state index in [1.807, 2.05) is 19.3 Å². The standard InChI is InChI=1S/C19H27N5.HI/c1-3-24-12-6-10-17(24)14-23-19(20-2)22-13-16-8-4-7-15-9-5-11-21-18(15)16;/h4-5,7-9,11,17H,3,6,10,12-14H2,1-2H3,(H2,20,22,23);1H. The third-order valence-electron chi connectivity index (χ3n) is 4.80. The van der Waals surface area contributed by atoms with Gasteiger partial charge in [0, 0.05) is 37.8 Å². The number of pyridine rings is 1. The third kappa shape index (κ3) is 5.04. The summed E-state index contributed by atoms with van der Waals surface area (Å²) in [4.78, 5) is 11.4. The van der Waals surface area contributed by atoms with Crippen LogP contribution in [0.4, 0.5) is 0 Å². The van der Waals surface area contributed by atoms with E-state index >= 15 is 0 Å². The van der Waals surface area contributed by atoms with Crippen LogP contribution >= 0.6 is 24.0 Å². The molecule has 0 spiro atoms. The Morgan fingerprint density at radius 1 is 1.28 bits per heavy atom. The van der Waals surface area contributed by atoms with Crippen molar-refractivity contribution >= 4 is 40.8 Å². The van der Waals surface area contributed by atoms with Gasteiger partial charge >= 0.3 is 0 Å². The third-order valence-corrected chi connectivity index (χ3v) is 4.80. The van der Waals surface area contributed by atoms with E-state index in [-0.39, 0.29) is 24.0 Å². The number of aliphatic imine (C=N–C) groups is 1. The maximum absolute atomic E-state index is 4.51. The minimum absolute atomic E-state index is 0. The van der Waals surface area contributed by atoms with Crippen LogP contribution in [0.5, 0.6) is 0 Å². The van der Waals surface area contributed by atoms with Gasteiger partial charge in [0.15, 0.2) is 5.96 Å². The molecule has 1 fully saturated rings. The highest BCUT2D eigenvalue weighted by Gasteiger charge is 2.22. The summed E-state index contributed by atoms with van der Waals surface area (Å²) in [7, 11) is 1.82. The van der Waals surface area contributed by atoms with Crippen LogP contribution in [0.3, 0.4) is 0 Å². The molecule has 0 bridgehead atoms. The normalized spacial score (nSPS) is 18.2. The van der Waals surface area contributed by atoms with Crippen molar-refractivity contribution in [1.82, 2.24) is 20.5 Å². The SMILES string of the molecule is CCN1CCCC1CNC(=NC)NCc1cccc2cccnc12.I. The molecule has 0 saturated carbocycles. The molecule has 1 aromatic heterocycles. The van der Waals surface area contributed by atoms with Crippen LogP contribution in [0.1, 0.15) is 25.3 Å². The van der Waals surface area contributed by atoms with Crippen LogP contribution in [0.15, 0.2) is 41.5 Å². The van der Waals surface area contributed by atoms with Crippen LogP contribution in [0.2, 0.25) is 0 Å². The van der Waals surface area contributed by atoms with Gasteiger partial charge in [0.05, 0.1) is 5.52 Å². The molecule has 0 amide bonds. The van der Waals surface area contributed by atoms with Crippen LogP contribution in [-0.2, 0) is 6.54 Å². The number of para-hydroxylation sites is 1. The van der Waals surface area contributed by atoms with Gasteiger partial charge in [-0.05, 0) is 37.6 Å². The lowest BCUT2D eigenvalue weighted by Crippen LogP contribution is -2.44. The van der Waals surface area contributed by atoms with E-state index in [0.717, 1.165) is 31.1 Å². The molecule has 1 aliphatic heterocycles. The van der Waals surface area contributed by atoms with Crippen molar-refractivity contribution in [3.63, 3.8) is 0 Å². The molecule has 2 N–H and O–H groups in total. The molecule has 136 valence electrons. The first kappa shape index (κ1) is 19.9.